The van der Waals surface area contributed by atoms with Crippen molar-refractivity contribution in [2.75, 3.05) is 11.9 Å². The van der Waals surface area contributed by atoms with Crippen LogP contribution in [0.25, 0.3) is 5.65 Å². The number of nitrogens with one attached hydrogen (secondary N) is 3. The summed E-state index contributed by atoms with van der Waals surface area (Å²) in [4.78, 5) is 45.1. The number of carbonyl (C=O) groups excluding carboxylic acids is 3. The van der Waals surface area contributed by atoms with Gasteiger partial charge in [-0.1, -0.05) is 12.1 Å². The van der Waals surface area contributed by atoms with Gasteiger partial charge >= 0.3 is 0 Å². The zero-order chi connectivity index (χ0) is 27.7. The number of ether oxygens (including phenoxy) is 1. The van der Waals surface area contributed by atoms with E-state index in [4.69, 9.17) is 4.74 Å². The maximum atomic E-state index is 14.3. The smallest absolute Gasteiger partial charge is 0.286 e. The molecule has 4 heterocycles. The second-order valence-corrected chi connectivity index (χ2v) is 8.73. The van der Waals surface area contributed by atoms with Gasteiger partial charge in [0.05, 0.1) is 11.9 Å². The van der Waals surface area contributed by atoms with Crippen molar-refractivity contribution in [1.82, 2.24) is 30.2 Å². The Hall–Kier alpha value is -5.01. The highest BCUT2D eigenvalue weighted by Crippen LogP contribution is 2.28. The number of hydrogen-bond donors (Lipinski definition) is 3. The second kappa shape index (κ2) is 10.0. The van der Waals surface area contributed by atoms with E-state index in [1.54, 1.807) is 18.2 Å². The van der Waals surface area contributed by atoms with Crippen LogP contribution >= 0.6 is 0 Å². The molecule has 0 unspecified atom stereocenters. The van der Waals surface area contributed by atoms with Gasteiger partial charge < -0.3 is 20.7 Å². The Morgan fingerprint density at radius 3 is 2.56 bits per heavy atom. The standard InChI is InChI=1S/C25H20F3N7O4/c1-25(27,28)20-5-3-14(9-29-20)10-31-24(38)18-7-17(34-22-15(26)11-32-35(18)22)23(37)30-8-13-2-4-19-16(6-13)33-21(36)12-39-19/h2-7,9,11H,8,10,12H2,1H3,(H,30,37)(H,31,38)(H,33,36). The fourth-order valence-corrected chi connectivity index (χ4v) is 3.79. The minimum absolute atomic E-state index is 0.0396. The Labute approximate surface area is 218 Å². The number of alkyl halides is 2. The summed E-state index contributed by atoms with van der Waals surface area (Å²) in [6, 6.07) is 8.70. The summed E-state index contributed by atoms with van der Waals surface area (Å²) in [7, 11) is 0. The molecule has 39 heavy (non-hydrogen) atoms. The first-order chi connectivity index (χ1) is 18.6. The number of anilines is 1. The largest absolute Gasteiger partial charge is 0.482 e. The number of amides is 3. The molecule has 3 N–H and O–H groups in total. The van der Waals surface area contributed by atoms with Crippen molar-refractivity contribution in [3.63, 3.8) is 0 Å². The topological polar surface area (TPSA) is 140 Å². The zero-order valence-electron chi connectivity index (χ0n) is 20.3. The predicted molar refractivity (Wildman–Crippen MR) is 130 cm³/mol. The third kappa shape index (κ3) is 5.49. The van der Waals surface area contributed by atoms with Crippen molar-refractivity contribution < 1.29 is 32.3 Å². The Bertz CT molecular complexity index is 1600. The highest BCUT2D eigenvalue weighted by Gasteiger charge is 2.26. The van der Waals surface area contributed by atoms with Crippen LogP contribution in [0, 0.1) is 5.82 Å². The van der Waals surface area contributed by atoms with E-state index >= 15 is 0 Å². The SMILES string of the molecule is CC(F)(F)c1ccc(CNC(=O)c2cc(C(=O)NCc3ccc4c(c3)NC(=O)CO4)nc3c(F)cnn23)cn1. The number of aromatic nitrogens is 4. The van der Waals surface area contributed by atoms with E-state index in [-0.39, 0.29) is 42.6 Å². The molecule has 0 bridgehead atoms. The normalized spacial score (nSPS) is 12.9. The van der Waals surface area contributed by atoms with Crippen molar-refractivity contribution in [2.45, 2.75) is 25.9 Å². The first kappa shape index (κ1) is 25.6. The van der Waals surface area contributed by atoms with Gasteiger partial charge in [0.2, 0.25) is 0 Å². The number of nitrogens with zero attached hydrogens (tertiary/aromatic N) is 4. The number of benzene rings is 1. The molecule has 11 nitrogen and oxygen atoms in total. The third-order valence-electron chi connectivity index (χ3n) is 5.75. The van der Waals surface area contributed by atoms with E-state index in [1.807, 2.05) is 0 Å². The predicted octanol–water partition coefficient (Wildman–Crippen LogP) is 2.57. The van der Waals surface area contributed by atoms with Crippen LogP contribution in [0.2, 0.25) is 0 Å². The van der Waals surface area contributed by atoms with Crippen molar-refractivity contribution in [2.24, 2.45) is 0 Å². The Morgan fingerprint density at radius 1 is 1.08 bits per heavy atom. The van der Waals surface area contributed by atoms with Gasteiger partial charge in [-0.05, 0) is 29.3 Å². The average molecular weight is 539 g/mol. The van der Waals surface area contributed by atoms with E-state index in [0.29, 0.717) is 22.6 Å². The van der Waals surface area contributed by atoms with Crippen LogP contribution in [-0.4, -0.2) is 43.9 Å². The zero-order valence-corrected chi connectivity index (χ0v) is 20.3. The van der Waals surface area contributed by atoms with Crippen LogP contribution < -0.4 is 20.7 Å². The molecule has 200 valence electrons. The molecule has 0 saturated carbocycles. The van der Waals surface area contributed by atoms with Crippen LogP contribution in [0.3, 0.4) is 0 Å². The minimum atomic E-state index is -3.10. The van der Waals surface area contributed by atoms with Crippen molar-refractivity contribution in [3.8, 4) is 5.75 Å². The molecular formula is C25H20F3N7O4. The summed E-state index contributed by atoms with van der Waals surface area (Å²) in [5.41, 5.74) is 0.388. The quantitative estimate of drug-likeness (QED) is 0.328. The molecule has 0 atom stereocenters. The van der Waals surface area contributed by atoms with Crippen molar-refractivity contribution in [1.29, 1.82) is 0 Å². The molecule has 5 rings (SSSR count). The highest BCUT2D eigenvalue weighted by molar-refractivity contribution is 5.98. The summed E-state index contributed by atoms with van der Waals surface area (Å²) in [5.74, 6) is -5.15. The molecule has 0 fully saturated rings. The van der Waals surface area contributed by atoms with Crippen LogP contribution in [0.5, 0.6) is 5.75 Å². The van der Waals surface area contributed by atoms with Crippen LogP contribution in [0.4, 0.5) is 18.9 Å². The maximum absolute atomic E-state index is 14.3. The molecule has 0 aliphatic carbocycles. The molecule has 4 aromatic rings. The van der Waals surface area contributed by atoms with Gasteiger partial charge in [0, 0.05) is 32.3 Å². The molecule has 3 amide bonds. The monoisotopic (exact) mass is 539 g/mol. The summed E-state index contributed by atoms with van der Waals surface area (Å²) >= 11 is 0. The van der Waals surface area contributed by atoms with Crippen LogP contribution in [0.1, 0.15) is 44.7 Å². The summed E-state index contributed by atoms with van der Waals surface area (Å²) in [6.07, 6.45) is 2.07. The van der Waals surface area contributed by atoms with E-state index in [2.05, 4.69) is 31.0 Å². The third-order valence-corrected chi connectivity index (χ3v) is 5.75. The minimum Gasteiger partial charge on any atom is -0.482 e. The molecular weight excluding hydrogens is 519 g/mol. The van der Waals surface area contributed by atoms with Gasteiger partial charge in [0.15, 0.2) is 18.1 Å². The van der Waals surface area contributed by atoms with Gasteiger partial charge in [0.25, 0.3) is 23.6 Å². The van der Waals surface area contributed by atoms with Crippen LogP contribution in [0.15, 0.2) is 48.8 Å². The number of halogens is 3. The van der Waals surface area contributed by atoms with Gasteiger partial charge in [-0.25, -0.2) is 13.9 Å². The number of carbonyl (C=O) groups is 3. The summed E-state index contributed by atoms with van der Waals surface area (Å²) < 4.78 is 47.3. The van der Waals surface area contributed by atoms with Crippen LogP contribution in [-0.2, 0) is 23.8 Å². The molecule has 1 aliphatic heterocycles. The van der Waals surface area contributed by atoms with Gasteiger partial charge in [-0.15, -0.1) is 0 Å². The van der Waals surface area contributed by atoms with Crippen molar-refractivity contribution >= 4 is 29.1 Å². The molecule has 1 aliphatic rings. The van der Waals surface area contributed by atoms with Gasteiger partial charge in [0.1, 0.15) is 22.8 Å². The summed E-state index contributed by atoms with van der Waals surface area (Å²) in [6.45, 7) is 0.607. The Morgan fingerprint density at radius 2 is 1.82 bits per heavy atom. The molecule has 3 aromatic heterocycles. The highest BCUT2D eigenvalue weighted by atomic mass is 19.3. The first-order valence-corrected chi connectivity index (χ1v) is 11.6. The lowest BCUT2D eigenvalue weighted by molar-refractivity contribution is -0.118. The van der Waals surface area contributed by atoms with E-state index in [9.17, 15) is 27.6 Å². The van der Waals surface area contributed by atoms with Gasteiger partial charge in [-0.3, -0.25) is 19.4 Å². The van der Waals surface area contributed by atoms with Crippen molar-refractivity contribution in [3.05, 3.63) is 82.8 Å². The molecule has 1 aromatic carbocycles. The number of fused-ring (bicyclic) bond motifs is 2. The average Bonchev–Trinajstić information content (AvgIpc) is 3.29. The molecule has 14 heteroatoms. The maximum Gasteiger partial charge on any atom is 0.286 e. The fourth-order valence-electron chi connectivity index (χ4n) is 3.79. The molecule has 0 spiro atoms. The van der Waals surface area contributed by atoms with E-state index in [1.165, 1.54) is 12.3 Å². The number of pyridine rings is 1. The Kier molecular flexibility index (Phi) is 6.60. The molecule has 0 saturated heterocycles. The lowest BCUT2D eigenvalue weighted by atomic mass is 10.1. The second-order valence-electron chi connectivity index (χ2n) is 8.73. The lowest BCUT2D eigenvalue weighted by Crippen LogP contribution is -2.29. The first-order valence-electron chi connectivity index (χ1n) is 11.6. The van der Waals surface area contributed by atoms with E-state index in [0.717, 1.165) is 29.8 Å². The number of rotatable bonds is 7. The molecule has 0 radical (unpaired) electrons. The van der Waals surface area contributed by atoms with Gasteiger partial charge in [-0.2, -0.15) is 13.9 Å². The summed E-state index contributed by atoms with van der Waals surface area (Å²) in [5, 5.41) is 11.7. The van der Waals surface area contributed by atoms with E-state index < -0.39 is 29.2 Å². The lowest BCUT2D eigenvalue weighted by Gasteiger charge is -2.18. The Balaban J connectivity index is 1.31. The fraction of sp³-hybridized carbons (Fsp3) is 0.200. The number of hydrogen-bond acceptors (Lipinski definition) is 7.